The molecule has 1 aromatic rings. The van der Waals surface area contributed by atoms with Gasteiger partial charge in [0.2, 0.25) is 0 Å². The van der Waals surface area contributed by atoms with E-state index in [9.17, 15) is 5.11 Å². The van der Waals surface area contributed by atoms with Crippen LogP contribution in [0.2, 0.25) is 0 Å². The Morgan fingerprint density at radius 3 is 2.43 bits per heavy atom. The van der Waals surface area contributed by atoms with Gasteiger partial charge >= 0.3 is 0 Å². The highest BCUT2D eigenvalue weighted by Gasteiger charge is 2.22. The summed E-state index contributed by atoms with van der Waals surface area (Å²) in [7, 11) is 1.53. The van der Waals surface area contributed by atoms with Crippen molar-refractivity contribution >= 4 is 0 Å². The molecule has 0 heterocycles. The third-order valence-electron chi connectivity index (χ3n) is 2.13. The molecule has 0 amide bonds. The molecule has 0 fully saturated rings. The van der Waals surface area contributed by atoms with Crippen molar-refractivity contribution in [1.82, 2.24) is 0 Å². The van der Waals surface area contributed by atoms with Crippen molar-refractivity contribution in [2.45, 2.75) is 26.1 Å². The van der Waals surface area contributed by atoms with Crippen LogP contribution >= 0.6 is 0 Å². The molecule has 78 valence electrons. The topological polar surface area (TPSA) is 49.7 Å². The van der Waals surface area contributed by atoms with Gasteiger partial charge in [0.05, 0.1) is 19.3 Å². The number of methoxy groups -OCH3 is 1. The summed E-state index contributed by atoms with van der Waals surface area (Å²) in [5.74, 6) is 0.558. The summed E-state index contributed by atoms with van der Waals surface area (Å²) < 4.78 is 5.17. The summed E-state index contributed by atoms with van der Waals surface area (Å²) in [6.07, 6.45) is 0. The Morgan fingerprint density at radius 2 is 2.00 bits per heavy atom. The van der Waals surface area contributed by atoms with Crippen LogP contribution in [0.1, 0.15) is 25.0 Å². The Bertz CT molecular complexity index is 313. The zero-order valence-corrected chi connectivity index (χ0v) is 8.74. The number of hydrogen-bond donors (Lipinski definition) is 2. The molecule has 0 saturated heterocycles. The molecule has 1 rings (SSSR count). The van der Waals surface area contributed by atoms with Crippen LogP contribution in [-0.2, 0) is 12.2 Å². The molecule has 2 N–H and O–H groups in total. The monoisotopic (exact) mass is 196 g/mol. The average Bonchev–Trinajstić information content (AvgIpc) is 2.15. The Balaban J connectivity index is 3.29. The highest BCUT2D eigenvalue weighted by molar-refractivity contribution is 5.43. The van der Waals surface area contributed by atoms with E-state index in [0.29, 0.717) is 16.9 Å². The quantitative estimate of drug-likeness (QED) is 0.768. The summed E-state index contributed by atoms with van der Waals surface area (Å²) in [6.45, 7) is 3.28. The minimum absolute atomic E-state index is 0.0902. The molecule has 0 aliphatic heterocycles. The predicted molar refractivity (Wildman–Crippen MR) is 54.2 cm³/mol. The summed E-state index contributed by atoms with van der Waals surface area (Å²) in [4.78, 5) is 0. The molecule has 0 spiro atoms. The summed E-state index contributed by atoms with van der Waals surface area (Å²) in [6, 6.07) is 5.35. The first-order valence-corrected chi connectivity index (χ1v) is 4.50. The summed E-state index contributed by atoms with van der Waals surface area (Å²) in [5, 5.41) is 18.9. The van der Waals surface area contributed by atoms with Crippen molar-refractivity contribution in [3.63, 3.8) is 0 Å². The van der Waals surface area contributed by atoms with Gasteiger partial charge in [-0.05, 0) is 13.8 Å². The van der Waals surface area contributed by atoms with E-state index >= 15 is 0 Å². The first-order chi connectivity index (χ1) is 6.50. The SMILES string of the molecule is COc1c(CO)cccc1C(C)(C)O. The Kier molecular flexibility index (Phi) is 3.13. The number of benzene rings is 1. The van der Waals surface area contributed by atoms with Gasteiger partial charge in [-0.3, -0.25) is 0 Å². The number of rotatable bonds is 3. The van der Waals surface area contributed by atoms with Gasteiger partial charge in [0.1, 0.15) is 5.75 Å². The van der Waals surface area contributed by atoms with Crippen molar-refractivity contribution in [3.05, 3.63) is 29.3 Å². The van der Waals surface area contributed by atoms with E-state index in [4.69, 9.17) is 9.84 Å². The van der Waals surface area contributed by atoms with Gasteiger partial charge in [-0.1, -0.05) is 18.2 Å². The van der Waals surface area contributed by atoms with Crippen molar-refractivity contribution < 1.29 is 14.9 Å². The second kappa shape index (κ2) is 3.98. The summed E-state index contributed by atoms with van der Waals surface area (Å²) >= 11 is 0. The highest BCUT2D eigenvalue weighted by atomic mass is 16.5. The van der Waals surface area contributed by atoms with Gasteiger partial charge in [-0.2, -0.15) is 0 Å². The minimum atomic E-state index is -0.962. The van der Waals surface area contributed by atoms with E-state index in [1.807, 2.05) is 0 Å². The van der Waals surface area contributed by atoms with E-state index < -0.39 is 5.60 Å². The van der Waals surface area contributed by atoms with Crippen LogP contribution in [0.5, 0.6) is 5.75 Å². The van der Waals surface area contributed by atoms with Gasteiger partial charge in [-0.25, -0.2) is 0 Å². The molecule has 0 atom stereocenters. The second-order valence-corrected chi connectivity index (χ2v) is 3.72. The fourth-order valence-electron chi connectivity index (χ4n) is 1.43. The first-order valence-electron chi connectivity index (χ1n) is 4.50. The lowest BCUT2D eigenvalue weighted by atomic mass is 9.95. The molecule has 0 unspecified atom stereocenters. The van der Waals surface area contributed by atoms with Gasteiger partial charge in [0.25, 0.3) is 0 Å². The van der Waals surface area contributed by atoms with Crippen molar-refractivity contribution in [2.75, 3.05) is 7.11 Å². The van der Waals surface area contributed by atoms with E-state index in [2.05, 4.69) is 0 Å². The van der Waals surface area contributed by atoms with Crippen LogP contribution in [0, 0.1) is 0 Å². The molecule has 0 aliphatic rings. The second-order valence-electron chi connectivity index (χ2n) is 3.72. The van der Waals surface area contributed by atoms with Crippen molar-refractivity contribution in [3.8, 4) is 5.75 Å². The van der Waals surface area contributed by atoms with Crippen LogP contribution in [0.15, 0.2) is 18.2 Å². The highest BCUT2D eigenvalue weighted by Crippen LogP contribution is 2.32. The maximum absolute atomic E-state index is 9.86. The normalized spacial score (nSPS) is 11.5. The average molecular weight is 196 g/mol. The van der Waals surface area contributed by atoms with E-state index in [-0.39, 0.29) is 6.61 Å². The largest absolute Gasteiger partial charge is 0.496 e. The third-order valence-corrected chi connectivity index (χ3v) is 2.13. The number of para-hydroxylation sites is 1. The lowest BCUT2D eigenvalue weighted by molar-refractivity contribution is 0.0752. The zero-order chi connectivity index (χ0) is 10.8. The van der Waals surface area contributed by atoms with Crippen molar-refractivity contribution in [1.29, 1.82) is 0 Å². The molecular formula is C11H16O3. The molecule has 0 aliphatic carbocycles. The van der Waals surface area contributed by atoms with Gasteiger partial charge in [0, 0.05) is 11.1 Å². The van der Waals surface area contributed by atoms with E-state index in [1.54, 1.807) is 32.0 Å². The Hall–Kier alpha value is -1.06. The molecule has 0 saturated carbocycles. The fourth-order valence-corrected chi connectivity index (χ4v) is 1.43. The Morgan fingerprint density at radius 1 is 1.36 bits per heavy atom. The lowest BCUT2D eigenvalue weighted by Crippen LogP contribution is -2.17. The van der Waals surface area contributed by atoms with Crippen LogP contribution in [0.3, 0.4) is 0 Å². The van der Waals surface area contributed by atoms with Crippen LogP contribution < -0.4 is 4.74 Å². The summed E-state index contributed by atoms with van der Waals surface area (Å²) in [5.41, 5.74) is 0.412. The molecule has 3 nitrogen and oxygen atoms in total. The molecular weight excluding hydrogens is 180 g/mol. The van der Waals surface area contributed by atoms with E-state index in [1.165, 1.54) is 7.11 Å². The molecule has 1 aromatic carbocycles. The number of aliphatic hydroxyl groups is 2. The van der Waals surface area contributed by atoms with Crippen LogP contribution in [0.4, 0.5) is 0 Å². The molecule has 0 aromatic heterocycles. The maximum Gasteiger partial charge on any atom is 0.130 e. The fraction of sp³-hybridized carbons (Fsp3) is 0.455. The third kappa shape index (κ3) is 2.05. The first kappa shape index (κ1) is 11.0. The Labute approximate surface area is 84.0 Å². The lowest BCUT2D eigenvalue weighted by Gasteiger charge is -2.22. The van der Waals surface area contributed by atoms with Gasteiger partial charge in [0.15, 0.2) is 0 Å². The number of hydrogen-bond acceptors (Lipinski definition) is 3. The smallest absolute Gasteiger partial charge is 0.130 e. The molecule has 0 radical (unpaired) electrons. The maximum atomic E-state index is 9.86. The predicted octanol–water partition coefficient (Wildman–Crippen LogP) is 1.41. The number of aliphatic hydroxyl groups excluding tert-OH is 1. The van der Waals surface area contributed by atoms with Gasteiger partial charge in [-0.15, -0.1) is 0 Å². The van der Waals surface area contributed by atoms with Gasteiger partial charge < -0.3 is 14.9 Å². The van der Waals surface area contributed by atoms with Crippen LogP contribution in [-0.4, -0.2) is 17.3 Å². The molecule has 3 heteroatoms. The minimum Gasteiger partial charge on any atom is -0.496 e. The van der Waals surface area contributed by atoms with Crippen LogP contribution in [0.25, 0.3) is 0 Å². The zero-order valence-electron chi connectivity index (χ0n) is 8.74. The standard InChI is InChI=1S/C11H16O3/c1-11(2,13)9-6-4-5-8(7-12)10(9)14-3/h4-6,12-13H,7H2,1-3H3. The molecule has 0 bridgehead atoms. The number of ether oxygens (including phenoxy) is 1. The van der Waals surface area contributed by atoms with E-state index in [0.717, 1.165) is 0 Å². The van der Waals surface area contributed by atoms with Crippen molar-refractivity contribution in [2.24, 2.45) is 0 Å². The molecule has 14 heavy (non-hydrogen) atoms.